The van der Waals surface area contributed by atoms with Gasteiger partial charge >= 0.3 is 17.5 Å². The Kier molecular flexibility index (Phi) is 4.63. The van der Waals surface area contributed by atoms with Crippen LogP contribution in [0, 0.1) is 24.0 Å². The molecule has 3 amide bonds. The average molecular weight is 332 g/mol. The standard InChI is InChI=1S/C13H12N6O5/c1-6-4-3-5-14-10(6)15-12(21)13(22)16-11(20)8-9(19(23)24)7(2)17-18-8/h3-5H,1-2H3,(H,17,18)(H,14,15,21)(H,16,20,22). The van der Waals surface area contributed by atoms with Crippen molar-refractivity contribution in [2.24, 2.45) is 0 Å². The van der Waals surface area contributed by atoms with Crippen molar-refractivity contribution < 1.29 is 19.3 Å². The lowest BCUT2D eigenvalue weighted by Crippen LogP contribution is -2.39. The van der Waals surface area contributed by atoms with Gasteiger partial charge in [-0.05, 0) is 25.5 Å². The summed E-state index contributed by atoms with van der Waals surface area (Å²) in [6, 6.07) is 3.31. The summed E-state index contributed by atoms with van der Waals surface area (Å²) >= 11 is 0. The van der Waals surface area contributed by atoms with E-state index in [1.807, 2.05) is 0 Å². The molecule has 0 saturated heterocycles. The Morgan fingerprint density at radius 3 is 2.58 bits per heavy atom. The van der Waals surface area contributed by atoms with Gasteiger partial charge < -0.3 is 5.32 Å². The third kappa shape index (κ3) is 3.40. The molecule has 0 atom stereocenters. The number of amides is 3. The Morgan fingerprint density at radius 2 is 1.96 bits per heavy atom. The molecular weight excluding hydrogens is 320 g/mol. The second-order valence-corrected chi connectivity index (χ2v) is 4.71. The quantitative estimate of drug-likeness (QED) is 0.411. The summed E-state index contributed by atoms with van der Waals surface area (Å²) in [4.78, 5) is 49.4. The number of hydrogen-bond acceptors (Lipinski definition) is 7. The molecule has 2 heterocycles. The molecule has 0 unspecified atom stereocenters. The van der Waals surface area contributed by atoms with Crippen molar-refractivity contribution in [1.29, 1.82) is 0 Å². The highest BCUT2D eigenvalue weighted by Gasteiger charge is 2.29. The lowest BCUT2D eigenvalue weighted by Gasteiger charge is -2.06. The Labute approximate surface area is 134 Å². The molecule has 2 aromatic heterocycles. The van der Waals surface area contributed by atoms with Crippen molar-refractivity contribution in [2.45, 2.75) is 13.8 Å². The number of aromatic amines is 1. The van der Waals surface area contributed by atoms with E-state index < -0.39 is 34.0 Å². The largest absolute Gasteiger partial charge is 0.322 e. The van der Waals surface area contributed by atoms with Crippen molar-refractivity contribution in [3.05, 3.63) is 45.4 Å². The zero-order chi connectivity index (χ0) is 17.9. The number of aryl methyl sites for hydroxylation is 2. The van der Waals surface area contributed by atoms with Gasteiger partial charge in [0.05, 0.1) is 4.92 Å². The number of rotatable bonds is 3. The highest BCUT2D eigenvalue weighted by atomic mass is 16.6. The summed E-state index contributed by atoms with van der Waals surface area (Å²) < 4.78 is 0. The van der Waals surface area contributed by atoms with E-state index >= 15 is 0 Å². The van der Waals surface area contributed by atoms with E-state index in [1.165, 1.54) is 13.1 Å². The van der Waals surface area contributed by atoms with Gasteiger partial charge in [0.2, 0.25) is 5.69 Å². The minimum absolute atomic E-state index is 0.0474. The molecule has 11 nitrogen and oxygen atoms in total. The topological polar surface area (TPSA) is 160 Å². The zero-order valence-electron chi connectivity index (χ0n) is 12.6. The Morgan fingerprint density at radius 1 is 1.25 bits per heavy atom. The van der Waals surface area contributed by atoms with Gasteiger partial charge in [-0.2, -0.15) is 5.10 Å². The van der Waals surface area contributed by atoms with E-state index in [0.29, 0.717) is 5.56 Å². The van der Waals surface area contributed by atoms with Gasteiger partial charge in [0.1, 0.15) is 11.5 Å². The molecular formula is C13H12N6O5. The summed E-state index contributed by atoms with van der Waals surface area (Å²) in [6.45, 7) is 3.02. The number of anilines is 1. The molecule has 3 N–H and O–H groups in total. The van der Waals surface area contributed by atoms with E-state index in [1.54, 1.807) is 24.4 Å². The van der Waals surface area contributed by atoms with Crippen LogP contribution in [0.4, 0.5) is 11.5 Å². The summed E-state index contributed by atoms with van der Waals surface area (Å²) in [6.07, 6.45) is 1.42. The second kappa shape index (κ2) is 6.64. The molecule has 0 fully saturated rings. The Bertz CT molecular complexity index is 843. The maximum absolute atomic E-state index is 11.9. The van der Waals surface area contributed by atoms with Crippen LogP contribution in [0.2, 0.25) is 0 Å². The van der Waals surface area contributed by atoms with Crippen LogP contribution in [0.5, 0.6) is 0 Å². The molecule has 0 radical (unpaired) electrons. The van der Waals surface area contributed by atoms with Crippen LogP contribution < -0.4 is 10.6 Å². The number of carbonyl (C=O) groups is 3. The fourth-order valence-corrected chi connectivity index (χ4v) is 1.80. The van der Waals surface area contributed by atoms with Gasteiger partial charge in [-0.1, -0.05) is 6.07 Å². The van der Waals surface area contributed by atoms with Crippen LogP contribution in [0.1, 0.15) is 21.7 Å². The van der Waals surface area contributed by atoms with Crippen LogP contribution in [0.3, 0.4) is 0 Å². The average Bonchev–Trinajstić information content (AvgIpc) is 2.91. The fraction of sp³-hybridized carbons (Fsp3) is 0.154. The van der Waals surface area contributed by atoms with Crippen molar-refractivity contribution in [3.63, 3.8) is 0 Å². The molecule has 2 aromatic rings. The predicted octanol–water partition coefficient (Wildman–Crippen LogP) is 0.225. The summed E-state index contributed by atoms with van der Waals surface area (Å²) in [5, 5.41) is 20.6. The van der Waals surface area contributed by atoms with Crippen molar-refractivity contribution in [3.8, 4) is 0 Å². The number of aromatic nitrogens is 3. The maximum Gasteiger partial charge on any atom is 0.322 e. The molecule has 0 bridgehead atoms. The van der Waals surface area contributed by atoms with E-state index in [4.69, 9.17) is 0 Å². The normalized spacial score (nSPS) is 10.1. The summed E-state index contributed by atoms with van der Waals surface area (Å²) in [5.74, 6) is -3.43. The van der Waals surface area contributed by atoms with Gasteiger partial charge in [0.15, 0.2) is 0 Å². The monoisotopic (exact) mass is 332 g/mol. The van der Waals surface area contributed by atoms with Gasteiger partial charge in [0.25, 0.3) is 5.91 Å². The van der Waals surface area contributed by atoms with Gasteiger partial charge in [-0.15, -0.1) is 0 Å². The zero-order valence-corrected chi connectivity index (χ0v) is 12.6. The highest BCUT2D eigenvalue weighted by molar-refractivity contribution is 6.42. The van der Waals surface area contributed by atoms with Gasteiger partial charge in [-0.3, -0.25) is 34.9 Å². The molecule has 11 heteroatoms. The first-order chi connectivity index (χ1) is 11.3. The smallest absolute Gasteiger partial charge is 0.302 e. The first-order valence-electron chi connectivity index (χ1n) is 6.59. The van der Waals surface area contributed by atoms with E-state index in [9.17, 15) is 24.5 Å². The first kappa shape index (κ1) is 16.7. The minimum atomic E-state index is -1.29. The molecule has 24 heavy (non-hydrogen) atoms. The lowest BCUT2D eigenvalue weighted by atomic mass is 10.3. The van der Waals surface area contributed by atoms with Gasteiger partial charge in [0, 0.05) is 6.20 Å². The van der Waals surface area contributed by atoms with E-state index in [-0.39, 0.29) is 11.5 Å². The number of carbonyl (C=O) groups excluding carboxylic acids is 3. The Hall–Kier alpha value is -3.63. The predicted molar refractivity (Wildman–Crippen MR) is 80.1 cm³/mol. The number of H-pyrrole nitrogens is 1. The van der Waals surface area contributed by atoms with E-state index in [2.05, 4.69) is 20.5 Å². The third-order valence-corrected chi connectivity index (χ3v) is 2.99. The van der Waals surface area contributed by atoms with Crippen LogP contribution >= 0.6 is 0 Å². The van der Waals surface area contributed by atoms with Crippen molar-refractivity contribution >= 4 is 29.2 Å². The number of nitrogens with zero attached hydrogens (tertiary/aromatic N) is 3. The lowest BCUT2D eigenvalue weighted by molar-refractivity contribution is -0.385. The third-order valence-electron chi connectivity index (χ3n) is 2.99. The van der Waals surface area contributed by atoms with Crippen LogP contribution in [0.15, 0.2) is 18.3 Å². The molecule has 0 aliphatic carbocycles. The van der Waals surface area contributed by atoms with Crippen molar-refractivity contribution in [1.82, 2.24) is 20.5 Å². The highest BCUT2D eigenvalue weighted by Crippen LogP contribution is 2.19. The molecule has 0 aliphatic rings. The molecule has 0 aliphatic heterocycles. The molecule has 0 aromatic carbocycles. The minimum Gasteiger partial charge on any atom is -0.302 e. The van der Waals surface area contributed by atoms with E-state index in [0.717, 1.165) is 0 Å². The maximum atomic E-state index is 11.9. The summed E-state index contributed by atoms with van der Waals surface area (Å²) in [7, 11) is 0. The van der Waals surface area contributed by atoms with Crippen LogP contribution in [-0.4, -0.2) is 37.8 Å². The first-order valence-corrected chi connectivity index (χ1v) is 6.59. The summed E-state index contributed by atoms with van der Waals surface area (Å²) in [5.41, 5.74) is -0.497. The Balaban J connectivity index is 2.09. The fourth-order valence-electron chi connectivity index (χ4n) is 1.80. The number of hydrogen-bond donors (Lipinski definition) is 3. The number of pyridine rings is 1. The molecule has 124 valence electrons. The molecule has 0 spiro atoms. The van der Waals surface area contributed by atoms with Crippen LogP contribution in [0.25, 0.3) is 0 Å². The second-order valence-electron chi connectivity index (χ2n) is 4.71. The number of nitro groups is 1. The molecule has 2 rings (SSSR count). The van der Waals surface area contributed by atoms with Crippen molar-refractivity contribution in [2.75, 3.05) is 5.32 Å². The van der Waals surface area contributed by atoms with Gasteiger partial charge in [-0.25, -0.2) is 4.98 Å². The molecule has 0 saturated carbocycles. The number of nitrogens with one attached hydrogen (secondary N) is 3. The van der Waals surface area contributed by atoms with Crippen LogP contribution in [-0.2, 0) is 9.59 Å². The number of imide groups is 1. The SMILES string of the molecule is Cc1cccnc1NC(=O)C(=O)NC(=O)c1n[nH]c(C)c1[N+](=O)[O-].